The molecule has 3 aromatic rings. The molecule has 0 spiro atoms. The minimum Gasteiger partial charge on any atom is -0.332 e. The van der Waals surface area contributed by atoms with Crippen molar-refractivity contribution in [2.75, 3.05) is 5.32 Å². The molecule has 0 aliphatic carbocycles. The highest BCUT2D eigenvalue weighted by atomic mass is 19.4. The maximum Gasteiger partial charge on any atom is 0.435 e. The van der Waals surface area contributed by atoms with E-state index in [0.29, 0.717) is 11.6 Å². The van der Waals surface area contributed by atoms with Crippen molar-refractivity contribution in [1.82, 2.24) is 30.3 Å². The first-order valence-corrected chi connectivity index (χ1v) is 8.87. The van der Waals surface area contributed by atoms with Crippen molar-refractivity contribution < 1.29 is 31.1 Å². The molecule has 0 aliphatic heterocycles. The predicted molar refractivity (Wildman–Crippen MR) is 99.1 cm³/mol. The lowest BCUT2D eigenvalue weighted by atomic mass is 10.1. The molecule has 0 radical (unpaired) electrons. The maximum atomic E-state index is 13.2. The number of hydrogen-bond acceptors (Lipinski definition) is 5. The Hall–Kier alpha value is -3.71. The summed E-state index contributed by atoms with van der Waals surface area (Å²) in [5.41, 5.74) is -2.06. The summed E-state index contributed by atoms with van der Waals surface area (Å²) in [6.45, 7) is 1.35. The first-order valence-electron chi connectivity index (χ1n) is 8.87. The smallest absolute Gasteiger partial charge is 0.332 e. The van der Waals surface area contributed by atoms with Gasteiger partial charge in [0.25, 0.3) is 0 Å². The Labute approximate surface area is 176 Å². The number of hydrogen-bond donors (Lipinski definition) is 2. The Morgan fingerprint density at radius 1 is 1.09 bits per heavy atom. The van der Waals surface area contributed by atoms with E-state index in [2.05, 4.69) is 30.9 Å². The standard InChI is InChI=1S/C18H15F6N7O/c1-9-5-11(28-29-14(9)12-8-31(2)30-15(12)18(22,23)24)7-26-16(32)27-10-3-4-25-13(6-10)17(19,20)21/h3-6,8H,7H2,1-2H3,(H2,25,26,27,32). The number of carbonyl (C=O) groups is 1. The van der Waals surface area contributed by atoms with Crippen molar-refractivity contribution in [2.24, 2.45) is 7.05 Å². The molecule has 0 aromatic carbocycles. The fraction of sp³-hybridized carbons (Fsp3) is 0.278. The maximum absolute atomic E-state index is 13.2. The fourth-order valence-corrected chi connectivity index (χ4v) is 2.77. The molecule has 0 unspecified atom stereocenters. The van der Waals surface area contributed by atoms with Crippen molar-refractivity contribution in [3.63, 3.8) is 0 Å². The molecule has 0 aliphatic rings. The Morgan fingerprint density at radius 2 is 1.81 bits per heavy atom. The van der Waals surface area contributed by atoms with Crippen LogP contribution in [0.25, 0.3) is 11.3 Å². The lowest BCUT2D eigenvalue weighted by Crippen LogP contribution is -2.29. The van der Waals surface area contributed by atoms with Crippen LogP contribution >= 0.6 is 0 Å². The molecular formula is C18H15F6N7O. The van der Waals surface area contributed by atoms with Crippen molar-refractivity contribution >= 4 is 11.7 Å². The van der Waals surface area contributed by atoms with Crippen LogP contribution in [0.15, 0.2) is 30.6 Å². The van der Waals surface area contributed by atoms with Gasteiger partial charge in [0.05, 0.1) is 23.5 Å². The van der Waals surface area contributed by atoms with Crippen LogP contribution in [0.2, 0.25) is 0 Å². The van der Waals surface area contributed by atoms with Crippen molar-refractivity contribution in [3.05, 3.63) is 53.2 Å². The molecule has 170 valence electrons. The molecule has 0 bridgehead atoms. The van der Waals surface area contributed by atoms with Crippen LogP contribution in [0.4, 0.5) is 36.8 Å². The van der Waals surface area contributed by atoms with Gasteiger partial charge in [0, 0.05) is 25.1 Å². The van der Waals surface area contributed by atoms with Gasteiger partial charge in [0.1, 0.15) is 5.69 Å². The van der Waals surface area contributed by atoms with E-state index in [1.807, 2.05) is 0 Å². The third kappa shape index (κ3) is 5.31. The number of aryl methyl sites for hydroxylation is 2. The molecule has 8 nitrogen and oxygen atoms in total. The number of urea groups is 1. The van der Waals surface area contributed by atoms with Gasteiger partial charge in [-0.1, -0.05) is 0 Å². The van der Waals surface area contributed by atoms with Gasteiger partial charge in [-0.3, -0.25) is 9.67 Å². The van der Waals surface area contributed by atoms with Gasteiger partial charge >= 0.3 is 18.4 Å². The van der Waals surface area contributed by atoms with Gasteiger partial charge in [-0.15, -0.1) is 5.10 Å². The zero-order valence-electron chi connectivity index (χ0n) is 16.5. The van der Waals surface area contributed by atoms with Gasteiger partial charge < -0.3 is 10.6 Å². The van der Waals surface area contributed by atoms with Crippen LogP contribution in [0, 0.1) is 6.92 Å². The molecule has 3 aromatic heterocycles. The molecule has 32 heavy (non-hydrogen) atoms. The number of nitrogens with zero attached hydrogens (tertiary/aromatic N) is 5. The quantitative estimate of drug-likeness (QED) is 0.576. The minimum absolute atomic E-state index is 0.0184. The van der Waals surface area contributed by atoms with E-state index in [4.69, 9.17) is 0 Å². The van der Waals surface area contributed by atoms with Gasteiger partial charge in [0.2, 0.25) is 0 Å². The van der Waals surface area contributed by atoms with E-state index in [9.17, 15) is 31.1 Å². The second-order valence-corrected chi connectivity index (χ2v) is 6.67. The average Bonchev–Trinajstić information content (AvgIpc) is 3.08. The Balaban J connectivity index is 1.69. The fourth-order valence-electron chi connectivity index (χ4n) is 2.77. The average molecular weight is 459 g/mol. The summed E-state index contributed by atoms with van der Waals surface area (Å²) in [4.78, 5) is 15.2. The largest absolute Gasteiger partial charge is 0.435 e. The predicted octanol–water partition coefficient (Wildman–Crippen LogP) is 3.94. The monoisotopic (exact) mass is 459 g/mol. The van der Waals surface area contributed by atoms with E-state index in [1.54, 1.807) is 0 Å². The number of rotatable bonds is 4. The number of carbonyl (C=O) groups excluding carboxylic acids is 1. The molecule has 14 heteroatoms. The van der Waals surface area contributed by atoms with Gasteiger partial charge in [-0.2, -0.15) is 36.5 Å². The third-order valence-electron chi connectivity index (χ3n) is 4.13. The summed E-state index contributed by atoms with van der Waals surface area (Å²) >= 11 is 0. The first-order chi connectivity index (χ1) is 14.8. The second kappa shape index (κ2) is 8.43. The zero-order valence-corrected chi connectivity index (χ0v) is 16.5. The summed E-state index contributed by atoms with van der Waals surface area (Å²) in [5.74, 6) is 0. The van der Waals surface area contributed by atoms with E-state index in [0.717, 1.165) is 10.9 Å². The number of amides is 2. The Morgan fingerprint density at radius 3 is 2.44 bits per heavy atom. The molecule has 0 fully saturated rings. The molecule has 2 N–H and O–H groups in total. The lowest BCUT2D eigenvalue weighted by Gasteiger charge is -2.11. The number of nitrogens with one attached hydrogen (secondary N) is 2. The molecular weight excluding hydrogens is 444 g/mol. The molecule has 3 heterocycles. The SMILES string of the molecule is Cc1cc(CNC(=O)Nc2ccnc(C(F)(F)F)c2)nnc1-c1cn(C)nc1C(F)(F)F. The summed E-state index contributed by atoms with van der Waals surface area (Å²) in [6, 6.07) is 2.47. The number of alkyl halides is 6. The molecule has 0 saturated heterocycles. The van der Waals surface area contributed by atoms with Crippen molar-refractivity contribution in [2.45, 2.75) is 25.8 Å². The van der Waals surface area contributed by atoms with Crippen molar-refractivity contribution in [1.29, 1.82) is 0 Å². The van der Waals surface area contributed by atoms with E-state index in [1.165, 1.54) is 32.3 Å². The number of halogens is 6. The van der Waals surface area contributed by atoms with Gasteiger partial charge in [0.15, 0.2) is 5.69 Å². The van der Waals surface area contributed by atoms with E-state index in [-0.39, 0.29) is 29.2 Å². The highest BCUT2D eigenvalue weighted by Gasteiger charge is 2.38. The third-order valence-corrected chi connectivity index (χ3v) is 4.13. The Bertz CT molecular complexity index is 1140. The van der Waals surface area contributed by atoms with Crippen LogP contribution in [-0.4, -0.2) is 31.0 Å². The van der Waals surface area contributed by atoms with Crippen molar-refractivity contribution in [3.8, 4) is 11.3 Å². The van der Waals surface area contributed by atoms with Crippen LogP contribution in [-0.2, 0) is 25.9 Å². The molecule has 3 rings (SSSR count). The summed E-state index contributed by atoms with van der Waals surface area (Å²) < 4.78 is 78.7. The van der Waals surface area contributed by atoms with Gasteiger partial charge in [-0.05, 0) is 30.7 Å². The highest BCUT2D eigenvalue weighted by Crippen LogP contribution is 2.36. The summed E-state index contributed by atoms with van der Waals surface area (Å²) in [5, 5.41) is 15.7. The number of aromatic nitrogens is 5. The molecule has 2 amide bonds. The first kappa shape index (κ1) is 23.0. The minimum atomic E-state index is -4.68. The van der Waals surface area contributed by atoms with Crippen LogP contribution in [0.5, 0.6) is 0 Å². The van der Waals surface area contributed by atoms with Crippen LogP contribution in [0.1, 0.15) is 22.6 Å². The molecule has 0 atom stereocenters. The summed E-state index contributed by atoms with van der Waals surface area (Å²) in [7, 11) is 1.35. The van der Waals surface area contributed by atoms with E-state index < -0.39 is 29.8 Å². The summed E-state index contributed by atoms with van der Waals surface area (Å²) in [6.07, 6.45) is -7.26. The van der Waals surface area contributed by atoms with Crippen LogP contribution in [0.3, 0.4) is 0 Å². The molecule has 0 saturated carbocycles. The normalized spacial score (nSPS) is 12.0. The highest BCUT2D eigenvalue weighted by molar-refractivity contribution is 5.89. The number of anilines is 1. The second-order valence-electron chi connectivity index (χ2n) is 6.67. The van der Waals surface area contributed by atoms with Crippen LogP contribution < -0.4 is 10.6 Å². The topological polar surface area (TPSA) is 97.6 Å². The lowest BCUT2D eigenvalue weighted by molar-refractivity contribution is -0.141. The zero-order chi connectivity index (χ0) is 23.7. The Kier molecular flexibility index (Phi) is 6.05. The number of pyridine rings is 1. The van der Waals surface area contributed by atoms with Gasteiger partial charge in [-0.25, -0.2) is 4.79 Å². The van der Waals surface area contributed by atoms with E-state index >= 15 is 0 Å².